The lowest BCUT2D eigenvalue weighted by atomic mass is 10.0. The Hall–Kier alpha value is -3.87. The highest BCUT2D eigenvalue weighted by Crippen LogP contribution is 2.38. The number of aromatic nitrogens is 4. The van der Waals surface area contributed by atoms with Gasteiger partial charge >= 0.3 is 0 Å². The molecule has 1 fully saturated rings. The van der Waals surface area contributed by atoms with E-state index in [4.69, 9.17) is 10.8 Å². The lowest BCUT2D eigenvalue weighted by Gasteiger charge is -2.32. The van der Waals surface area contributed by atoms with Gasteiger partial charge in [0.05, 0.1) is 20.5 Å². The lowest BCUT2D eigenvalue weighted by Crippen LogP contribution is -2.40. The van der Waals surface area contributed by atoms with Crippen molar-refractivity contribution in [2.75, 3.05) is 24.1 Å². The molecule has 0 aliphatic carbocycles. The Balaban J connectivity index is 1.55. The molecule has 37 heavy (non-hydrogen) atoms. The van der Waals surface area contributed by atoms with Gasteiger partial charge in [-0.05, 0) is 71.8 Å². The van der Waals surface area contributed by atoms with Crippen LogP contribution in [-0.4, -0.2) is 49.6 Å². The number of carbonyl (C=O) groups excluding carboxylic acids is 2. The van der Waals surface area contributed by atoms with Crippen LogP contribution in [0.25, 0.3) is 22.2 Å². The Labute approximate surface area is 225 Å². The number of nitrogen functional groups attached to an aromatic ring is 1. The summed E-state index contributed by atoms with van der Waals surface area (Å²) >= 11 is 2.16. The molecule has 0 saturated carbocycles. The van der Waals surface area contributed by atoms with Crippen molar-refractivity contribution >= 4 is 56.9 Å². The van der Waals surface area contributed by atoms with Crippen LogP contribution in [-0.2, 0) is 4.79 Å². The van der Waals surface area contributed by atoms with Gasteiger partial charge < -0.3 is 16.0 Å². The Morgan fingerprint density at radius 2 is 2.08 bits per heavy atom. The van der Waals surface area contributed by atoms with Crippen molar-refractivity contribution in [2.24, 2.45) is 0 Å². The van der Waals surface area contributed by atoms with E-state index in [1.807, 2.05) is 4.68 Å². The number of halogens is 2. The largest absolute Gasteiger partial charge is 0.383 e. The van der Waals surface area contributed by atoms with Gasteiger partial charge in [-0.2, -0.15) is 5.10 Å². The molecule has 0 bridgehead atoms. The third-order valence-electron chi connectivity index (χ3n) is 6.33. The highest BCUT2D eigenvalue weighted by Gasteiger charge is 2.29. The van der Waals surface area contributed by atoms with Crippen LogP contribution >= 0.6 is 22.6 Å². The van der Waals surface area contributed by atoms with Gasteiger partial charge in [0, 0.05) is 36.6 Å². The molecule has 11 heteroatoms. The summed E-state index contributed by atoms with van der Waals surface area (Å²) in [6.45, 7) is 4.69. The molecule has 5 rings (SSSR count). The van der Waals surface area contributed by atoms with Gasteiger partial charge in [0.2, 0.25) is 5.91 Å². The highest BCUT2D eigenvalue weighted by molar-refractivity contribution is 14.1. The maximum Gasteiger partial charge on any atom is 0.256 e. The van der Waals surface area contributed by atoms with Gasteiger partial charge in [-0.1, -0.05) is 12.6 Å². The fraction of sp³-hybridized carbons (Fsp3) is 0.192. The molecular weight excluding hydrogens is 588 g/mol. The molecule has 0 spiro atoms. The zero-order chi connectivity index (χ0) is 26.1. The second-order valence-corrected chi connectivity index (χ2v) is 9.82. The van der Waals surface area contributed by atoms with E-state index in [0.29, 0.717) is 30.0 Å². The van der Waals surface area contributed by atoms with Crippen molar-refractivity contribution in [3.63, 3.8) is 0 Å². The number of piperidine rings is 1. The molecule has 1 aromatic carbocycles. The van der Waals surface area contributed by atoms with Crippen LogP contribution in [0.2, 0.25) is 0 Å². The summed E-state index contributed by atoms with van der Waals surface area (Å²) in [7, 11) is 0. The van der Waals surface area contributed by atoms with Gasteiger partial charge in [0.1, 0.15) is 23.1 Å². The second kappa shape index (κ2) is 10.2. The van der Waals surface area contributed by atoms with E-state index >= 15 is 4.39 Å². The molecule has 0 radical (unpaired) electrons. The fourth-order valence-electron chi connectivity index (χ4n) is 4.57. The van der Waals surface area contributed by atoms with E-state index in [-0.39, 0.29) is 28.9 Å². The van der Waals surface area contributed by atoms with Gasteiger partial charge in [-0.3, -0.25) is 14.3 Å². The molecule has 4 heterocycles. The molecule has 4 aromatic rings. The molecule has 3 aromatic heterocycles. The van der Waals surface area contributed by atoms with Crippen molar-refractivity contribution in [2.45, 2.75) is 18.9 Å². The van der Waals surface area contributed by atoms with Gasteiger partial charge in [-0.15, -0.1) is 0 Å². The smallest absolute Gasteiger partial charge is 0.256 e. The average Bonchev–Trinajstić information content (AvgIpc) is 3.32. The molecular formula is C26H23FIN7O2. The topological polar surface area (TPSA) is 119 Å². The first-order valence-corrected chi connectivity index (χ1v) is 12.7. The van der Waals surface area contributed by atoms with E-state index in [1.165, 1.54) is 24.3 Å². The first-order valence-electron chi connectivity index (χ1n) is 11.6. The molecule has 1 saturated heterocycles. The van der Waals surface area contributed by atoms with Crippen LogP contribution in [0.4, 0.5) is 16.0 Å². The minimum Gasteiger partial charge on any atom is -0.383 e. The number of rotatable bonds is 5. The maximum atomic E-state index is 15.5. The SMILES string of the molecule is C=CC(=O)N1CCC[C@@H](n2nc(-c3ccc(C(=O)Nc4ccccn4)cc3F)c3c(N)ncc(I)c32)C1. The third-order valence-corrected chi connectivity index (χ3v) is 7.12. The number of nitrogens with two attached hydrogens (primary N) is 1. The molecule has 0 unspecified atom stereocenters. The normalized spacial score (nSPS) is 15.5. The number of likely N-dealkylation sites (tertiary alicyclic amines) is 1. The number of nitrogens with zero attached hydrogens (tertiary/aromatic N) is 5. The highest BCUT2D eigenvalue weighted by atomic mass is 127. The summed E-state index contributed by atoms with van der Waals surface area (Å²) < 4.78 is 18.1. The van der Waals surface area contributed by atoms with E-state index < -0.39 is 11.7 Å². The number of benzene rings is 1. The number of anilines is 2. The Morgan fingerprint density at radius 3 is 2.81 bits per heavy atom. The first kappa shape index (κ1) is 24.8. The number of hydrogen-bond acceptors (Lipinski definition) is 6. The van der Waals surface area contributed by atoms with Crippen LogP contribution in [0.1, 0.15) is 29.2 Å². The molecule has 188 valence electrons. The van der Waals surface area contributed by atoms with Crippen LogP contribution in [0, 0.1) is 9.39 Å². The molecule has 1 aliphatic rings. The predicted molar refractivity (Wildman–Crippen MR) is 147 cm³/mol. The first-order chi connectivity index (χ1) is 17.9. The number of pyridine rings is 2. The number of carbonyl (C=O) groups is 2. The number of fused-ring (bicyclic) bond motifs is 1. The van der Waals surface area contributed by atoms with Gasteiger partial charge in [0.25, 0.3) is 5.91 Å². The molecule has 9 nitrogen and oxygen atoms in total. The molecule has 1 aliphatic heterocycles. The Bertz CT molecular complexity index is 1520. The lowest BCUT2D eigenvalue weighted by molar-refractivity contribution is -0.127. The Morgan fingerprint density at radius 1 is 1.24 bits per heavy atom. The zero-order valence-electron chi connectivity index (χ0n) is 19.7. The zero-order valence-corrected chi connectivity index (χ0v) is 21.9. The van der Waals surface area contributed by atoms with Crippen LogP contribution in [0.15, 0.2) is 61.4 Å². The minimum atomic E-state index is -0.620. The summed E-state index contributed by atoms with van der Waals surface area (Å²) in [4.78, 5) is 35.0. The van der Waals surface area contributed by atoms with Crippen LogP contribution in [0.5, 0.6) is 0 Å². The van der Waals surface area contributed by atoms with E-state index in [2.05, 4.69) is 44.5 Å². The predicted octanol–water partition coefficient (Wildman–Crippen LogP) is 4.42. The van der Waals surface area contributed by atoms with Crippen molar-refractivity contribution in [1.29, 1.82) is 0 Å². The summed E-state index contributed by atoms with van der Waals surface area (Å²) in [5, 5.41) is 7.99. The van der Waals surface area contributed by atoms with Crippen molar-refractivity contribution < 1.29 is 14.0 Å². The minimum absolute atomic E-state index is 0.129. The van der Waals surface area contributed by atoms with Crippen LogP contribution in [0.3, 0.4) is 0 Å². The molecule has 2 amide bonds. The maximum absolute atomic E-state index is 15.5. The Kier molecular flexibility index (Phi) is 6.87. The van der Waals surface area contributed by atoms with Crippen LogP contribution < -0.4 is 11.1 Å². The fourth-order valence-corrected chi connectivity index (χ4v) is 5.22. The summed E-state index contributed by atoms with van der Waals surface area (Å²) in [5.74, 6) is -0.646. The van der Waals surface area contributed by atoms with Gasteiger partial charge in [-0.25, -0.2) is 14.4 Å². The summed E-state index contributed by atoms with van der Waals surface area (Å²) in [6.07, 6.45) is 6.11. The third kappa shape index (κ3) is 4.78. The second-order valence-electron chi connectivity index (χ2n) is 8.66. The van der Waals surface area contributed by atoms with E-state index in [1.54, 1.807) is 35.5 Å². The standard InChI is InChI=1S/C26H23FIN7O2/c1-2-21(36)34-11-5-6-16(14-34)35-24-19(28)13-31-25(29)22(24)23(33-35)17-9-8-15(12-18(17)27)26(37)32-20-7-3-4-10-30-20/h2-4,7-10,12-13,16H,1,5-6,11,14H2,(H2,29,31)(H,30,32,37)/t16-/m1/s1. The number of hydrogen-bond donors (Lipinski definition) is 2. The monoisotopic (exact) mass is 611 g/mol. The summed E-state index contributed by atoms with van der Waals surface area (Å²) in [6, 6.07) is 9.21. The number of nitrogens with one attached hydrogen (secondary N) is 1. The molecule has 1 atom stereocenters. The van der Waals surface area contributed by atoms with Crippen molar-refractivity contribution in [3.05, 3.63) is 76.4 Å². The summed E-state index contributed by atoms with van der Waals surface area (Å²) in [5.41, 5.74) is 7.68. The number of amides is 2. The van der Waals surface area contributed by atoms with Crippen molar-refractivity contribution in [1.82, 2.24) is 24.6 Å². The van der Waals surface area contributed by atoms with Crippen molar-refractivity contribution in [3.8, 4) is 11.3 Å². The molecule has 3 N–H and O–H groups in total. The average molecular weight is 611 g/mol. The van der Waals surface area contributed by atoms with E-state index in [0.717, 1.165) is 21.9 Å². The van der Waals surface area contributed by atoms with E-state index in [9.17, 15) is 9.59 Å². The van der Waals surface area contributed by atoms with Gasteiger partial charge in [0.15, 0.2) is 0 Å². The quantitative estimate of drug-likeness (QED) is 0.255.